The average Bonchev–Trinajstić information content (AvgIpc) is 3.80. The van der Waals surface area contributed by atoms with Crippen LogP contribution in [0.5, 0.6) is 0 Å². The minimum atomic E-state index is -0.486. The fourth-order valence-electron chi connectivity index (χ4n) is 9.18. The summed E-state index contributed by atoms with van der Waals surface area (Å²) in [6, 6.07) is 48.0. The first-order valence-electron chi connectivity index (χ1n) is 19.8. The van der Waals surface area contributed by atoms with Gasteiger partial charge in [-0.25, -0.2) is 0 Å². The molecule has 3 aliphatic carbocycles. The SMILES string of the molecule is C=C/C=C(\CN)C1(c2ccc3c(c2)C(N)c2ccccc2-3)c2ccccc2-c2ccccc21.C=C/C=C\C=C/c1ccc2c(c1)C(C)(C)c1ccccc1-2.CC. The highest BCUT2D eigenvalue weighted by atomic mass is 14.7. The molecule has 2 nitrogen and oxygen atoms in total. The van der Waals surface area contributed by atoms with Gasteiger partial charge in [-0.2, -0.15) is 0 Å². The van der Waals surface area contributed by atoms with Crippen molar-refractivity contribution in [2.45, 2.75) is 44.6 Å². The predicted octanol–water partition coefficient (Wildman–Crippen LogP) is 12.9. The van der Waals surface area contributed by atoms with Crippen molar-refractivity contribution in [3.05, 3.63) is 233 Å². The second-order valence-electron chi connectivity index (χ2n) is 14.8. The lowest BCUT2D eigenvalue weighted by Crippen LogP contribution is -2.33. The van der Waals surface area contributed by atoms with Crippen LogP contribution in [0.4, 0.5) is 0 Å². The van der Waals surface area contributed by atoms with E-state index in [-0.39, 0.29) is 11.5 Å². The van der Waals surface area contributed by atoms with Crippen molar-refractivity contribution in [3.8, 4) is 33.4 Å². The molecule has 6 aromatic carbocycles. The van der Waals surface area contributed by atoms with E-state index in [0.717, 1.165) is 5.57 Å². The lowest BCUT2D eigenvalue weighted by Gasteiger charge is -2.36. The lowest BCUT2D eigenvalue weighted by molar-refractivity contribution is 0.660. The molecule has 0 saturated carbocycles. The Kier molecular flexibility index (Phi) is 10.9. The molecule has 6 aromatic rings. The number of allylic oxidation sites excluding steroid dienone is 6. The predicted molar refractivity (Wildman–Crippen MR) is 241 cm³/mol. The Morgan fingerprint density at radius 2 is 1.11 bits per heavy atom. The van der Waals surface area contributed by atoms with Gasteiger partial charge in [0.15, 0.2) is 0 Å². The zero-order chi connectivity index (χ0) is 39.5. The van der Waals surface area contributed by atoms with E-state index in [9.17, 15) is 0 Å². The van der Waals surface area contributed by atoms with Crippen LogP contribution in [0, 0.1) is 0 Å². The van der Waals surface area contributed by atoms with Crippen molar-refractivity contribution in [2.24, 2.45) is 11.5 Å². The molecule has 0 aliphatic heterocycles. The fourth-order valence-corrected chi connectivity index (χ4v) is 9.18. The van der Waals surface area contributed by atoms with Crippen LogP contribution >= 0.6 is 0 Å². The number of fused-ring (bicyclic) bond motifs is 9. The monoisotopic (exact) mass is 728 g/mol. The summed E-state index contributed by atoms with van der Waals surface area (Å²) in [5.41, 5.74) is 31.8. The Hall–Kier alpha value is -6.06. The molecule has 4 N–H and O–H groups in total. The van der Waals surface area contributed by atoms with Crippen molar-refractivity contribution in [2.75, 3.05) is 6.54 Å². The molecule has 1 atom stereocenters. The standard InChI is InChI=1S/C31H26N2.C21H20.C2H6/c1-2-9-21(19-32)31(28-14-7-5-11-24(28)25-12-6-8-15-29(25)31)20-16-17-23-22-10-3-4-13-26(22)30(33)27(23)18-20;1-4-5-6-7-10-16-13-14-18-17-11-8-9-12-19(17)21(2,3)20(18)15-16;1-2/h2-18,30H,1,19,32-33H2;4-15H,1H2,2-3H3;1-2H3/b21-9+;6-5-,10-7-;. The summed E-state index contributed by atoms with van der Waals surface area (Å²) in [7, 11) is 0. The van der Waals surface area contributed by atoms with E-state index in [1.165, 1.54) is 77.9 Å². The minimum Gasteiger partial charge on any atom is -0.327 e. The van der Waals surface area contributed by atoms with E-state index in [4.69, 9.17) is 11.5 Å². The van der Waals surface area contributed by atoms with Gasteiger partial charge in [-0.15, -0.1) is 0 Å². The van der Waals surface area contributed by atoms with Crippen LogP contribution < -0.4 is 11.5 Å². The molecule has 56 heavy (non-hydrogen) atoms. The van der Waals surface area contributed by atoms with Gasteiger partial charge in [-0.3, -0.25) is 0 Å². The molecule has 0 amide bonds. The van der Waals surface area contributed by atoms with Gasteiger partial charge in [0.25, 0.3) is 0 Å². The lowest BCUT2D eigenvalue weighted by atomic mass is 9.66. The summed E-state index contributed by atoms with van der Waals surface area (Å²) in [6.07, 6.45) is 13.8. The summed E-state index contributed by atoms with van der Waals surface area (Å²) < 4.78 is 0. The summed E-state index contributed by atoms with van der Waals surface area (Å²) in [4.78, 5) is 0. The third-order valence-corrected chi connectivity index (χ3v) is 11.6. The molecule has 0 radical (unpaired) electrons. The molecule has 0 aromatic heterocycles. The Morgan fingerprint density at radius 1 is 0.571 bits per heavy atom. The highest BCUT2D eigenvalue weighted by Crippen LogP contribution is 2.57. The smallest absolute Gasteiger partial charge is 0.0688 e. The van der Waals surface area contributed by atoms with E-state index in [2.05, 4.69) is 179 Å². The molecular formula is C54H52N2. The van der Waals surface area contributed by atoms with Crippen molar-refractivity contribution >= 4 is 6.08 Å². The van der Waals surface area contributed by atoms with Crippen LogP contribution in [0.3, 0.4) is 0 Å². The summed E-state index contributed by atoms with van der Waals surface area (Å²) in [5, 5.41) is 0. The summed E-state index contributed by atoms with van der Waals surface area (Å²) in [6.45, 7) is 16.7. The van der Waals surface area contributed by atoms with E-state index in [0.29, 0.717) is 6.54 Å². The molecule has 3 aliphatic rings. The fraction of sp³-hybridized carbons (Fsp3) is 0.148. The van der Waals surface area contributed by atoms with Crippen molar-refractivity contribution in [1.82, 2.24) is 0 Å². The van der Waals surface area contributed by atoms with Gasteiger partial charge in [0.2, 0.25) is 0 Å². The Labute approximate surface area is 334 Å². The van der Waals surface area contributed by atoms with Gasteiger partial charge < -0.3 is 11.5 Å². The van der Waals surface area contributed by atoms with Gasteiger partial charge in [0.05, 0.1) is 11.5 Å². The van der Waals surface area contributed by atoms with Gasteiger partial charge in [0.1, 0.15) is 0 Å². The number of nitrogens with two attached hydrogens (primary N) is 2. The van der Waals surface area contributed by atoms with Crippen LogP contribution in [0.2, 0.25) is 0 Å². The zero-order valence-electron chi connectivity index (χ0n) is 33.1. The molecule has 0 heterocycles. The minimum absolute atomic E-state index is 0.0761. The number of hydrogen-bond acceptors (Lipinski definition) is 2. The Bertz CT molecular complexity index is 2480. The van der Waals surface area contributed by atoms with Gasteiger partial charge >= 0.3 is 0 Å². The van der Waals surface area contributed by atoms with Gasteiger partial charge in [-0.1, -0.05) is 217 Å². The van der Waals surface area contributed by atoms with Gasteiger partial charge in [-0.05, 0) is 83.5 Å². The second kappa shape index (κ2) is 16.0. The van der Waals surface area contributed by atoms with Crippen molar-refractivity contribution in [3.63, 3.8) is 0 Å². The van der Waals surface area contributed by atoms with E-state index in [1.54, 1.807) is 6.08 Å². The van der Waals surface area contributed by atoms with Crippen LogP contribution in [-0.2, 0) is 10.8 Å². The largest absolute Gasteiger partial charge is 0.327 e. The van der Waals surface area contributed by atoms with E-state index in [1.807, 2.05) is 32.1 Å². The van der Waals surface area contributed by atoms with E-state index >= 15 is 0 Å². The zero-order valence-corrected chi connectivity index (χ0v) is 33.1. The molecule has 1 unspecified atom stereocenters. The number of rotatable bonds is 7. The second-order valence-corrected chi connectivity index (χ2v) is 14.8. The van der Waals surface area contributed by atoms with Gasteiger partial charge in [0, 0.05) is 12.0 Å². The first kappa shape index (κ1) is 38.2. The Morgan fingerprint density at radius 3 is 1.73 bits per heavy atom. The maximum absolute atomic E-state index is 6.77. The first-order chi connectivity index (χ1) is 27.4. The summed E-state index contributed by atoms with van der Waals surface area (Å²) >= 11 is 0. The molecule has 0 bridgehead atoms. The van der Waals surface area contributed by atoms with Crippen LogP contribution in [0.1, 0.15) is 78.2 Å². The quantitative estimate of drug-likeness (QED) is 0.161. The van der Waals surface area contributed by atoms with Crippen LogP contribution in [0.25, 0.3) is 39.5 Å². The van der Waals surface area contributed by atoms with Crippen LogP contribution in [-0.4, -0.2) is 6.54 Å². The number of hydrogen-bond donors (Lipinski definition) is 2. The normalized spacial score (nSPS) is 16.0. The average molecular weight is 729 g/mol. The third kappa shape index (κ3) is 6.16. The molecular weight excluding hydrogens is 677 g/mol. The molecule has 278 valence electrons. The number of benzene rings is 6. The Balaban J connectivity index is 0.000000180. The summed E-state index contributed by atoms with van der Waals surface area (Å²) in [5.74, 6) is 0. The van der Waals surface area contributed by atoms with Crippen molar-refractivity contribution in [1.29, 1.82) is 0 Å². The molecule has 9 rings (SSSR count). The topological polar surface area (TPSA) is 52.0 Å². The highest BCUT2D eigenvalue weighted by Gasteiger charge is 2.47. The maximum Gasteiger partial charge on any atom is 0.0688 e. The first-order valence-corrected chi connectivity index (χ1v) is 19.8. The van der Waals surface area contributed by atoms with Crippen molar-refractivity contribution < 1.29 is 0 Å². The molecule has 0 fully saturated rings. The van der Waals surface area contributed by atoms with Crippen LogP contribution in [0.15, 0.2) is 189 Å². The molecule has 0 saturated heterocycles. The third-order valence-electron chi connectivity index (χ3n) is 11.6. The van der Waals surface area contributed by atoms with E-state index < -0.39 is 5.41 Å². The molecule has 2 heteroatoms. The molecule has 0 spiro atoms. The highest BCUT2D eigenvalue weighted by molar-refractivity contribution is 5.87. The maximum atomic E-state index is 6.77.